The molecule has 0 aliphatic carbocycles. The van der Waals surface area contributed by atoms with Crippen LogP contribution in [0.15, 0.2) is 42.5 Å². The Bertz CT molecular complexity index is 356. The van der Waals surface area contributed by atoms with Crippen LogP contribution < -0.4 is 0 Å². The average molecular weight is 222 g/mol. The predicted molar refractivity (Wildman–Crippen MR) is 60.2 cm³/mol. The Morgan fingerprint density at radius 2 is 1.62 bits per heavy atom. The second kappa shape index (κ2) is 7.23. The Balaban J connectivity index is 0.000000325. The number of benzene rings is 1. The van der Waals surface area contributed by atoms with E-state index >= 15 is 0 Å². The first-order chi connectivity index (χ1) is 7.43. The van der Waals surface area contributed by atoms with Crippen LogP contribution in [0.5, 0.6) is 0 Å². The molecule has 0 saturated heterocycles. The fraction of sp³-hybridized carbons (Fsp3) is 0.167. The van der Waals surface area contributed by atoms with Crippen LogP contribution in [-0.4, -0.2) is 22.2 Å². The summed E-state index contributed by atoms with van der Waals surface area (Å²) in [4.78, 5) is 19.8. The van der Waals surface area contributed by atoms with Crippen LogP contribution in [0.1, 0.15) is 12.5 Å². The Labute approximate surface area is 93.8 Å². The molecule has 0 unspecified atom stereocenters. The van der Waals surface area contributed by atoms with Gasteiger partial charge < -0.3 is 10.2 Å². The third-order valence-corrected chi connectivity index (χ3v) is 1.56. The largest absolute Gasteiger partial charge is 0.481 e. The standard InChI is InChI=1S/C8H8O2.C4H6O2/c9-8(10)6-7-4-2-1-3-5-7;1-3(2)4(5)6/h1-5H,6H2,(H,9,10);1H2,2H3,(H,5,6). The lowest BCUT2D eigenvalue weighted by molar-refractivity contribution is -0.136. The number of aliphatic carboxylic acids is 2. The van der Waals surface area contributed by atoms with Crippen molar-refractivity contribution in [1.29, 1.82) is 0 Å². The minimum atomic E-state index is -0.935. The van der Waals surface area contributed by atoms with Crippen LogP contribution in [0.4, 0.5) is 0 Å². The van der Waals surface area contributed by atoms with Crippen molar-refractivity contribution < 1.29 is 19.8 Å². The number of carboxylic acids is 2. The van der Waals surface area contributed by atoms with Gasteiger partial charge in [0.15, 0.2) is 0 Å². The third kappa shape index (κ3) is 7.32. The van der Waals surface area contributed by atoms with Crippen molar-refractivity contribution in [3.63, 3.8) is 0 Å². The molecule has 0 radical (unpaired) electrons. The van der Waals surface area contributed by atoms with E-state index in [1.807, 2.05) is 18.2 Å². The summed E-state index contributed by atoms with van der Waals surface area (Å²) in [6, 6.07) is 9.13. The fourth-order valence-corrected chi connectivity index (χ4v) is 0.770. The zero-order valence-corrected chi connectivity index (χ0v) is 9.01. The zero-order valence-electron chi connectivity index (χ0n) is 9.01. The van der Waals surface area contributed by atoms with Crippen LogP contribution in [0, 0.1) is 0 Å². The molecule has 0 aliphatic rings. The van der Waals surface area contributed by atoms with Crippen LogP contribution in [-0.2, 0) is 16.0 Å². The molecular weight excluding hydrogens is 208 g/mol. The highest BCUT2D eigenvalue weighted by molar-refractivity contribution is 5.84. The topological polar surface area (TPSA) is 74.6 Å². The van der Waals surface area contributed by atoms with Gasteiger partial charge in [0.05, 0.1) is 6.42 Å². The summed E-state index contributed by atoms with van der Waals surface area (Å²) in [5.41, 5.74) is 1.02. The summed E-state index contributed by atoms with van der Waals surface area (Å²) in [6.07, 6.45) is 0.112. The molecule has 0 aliphatic heterocycles. The lowest BCUT2D eigenvalue weighted by atomic mass is 10.2. The summed E-state index contributed by atoms with van der Waals surface area (Å²) in [5.74, 6) is -1.72. The van der Waals surface area contributed by atoms with Gasteiger partial charge in [0.1, 0.15) is 0 Å². The van der Waals surface area contributed by atoms with Gasteiger partial charge >= 0.3 is 11.9 Å². The third-order valence-electron chi connectivity index (χ3n) is 1.56. The van der Waals surface area contributed by atoms with Crippen molar-refractivity contribution in [2.24, 2.45) is 0 Å². The monoisotopic (exact) mass is 222 g/mol. The first kappa shape index (κ1) is 13.9. The summed E-state index contributed by atoms with van der Waals surface area (Å²) in [5, 5.41) is 16.3. The molecule has 4 nitrogen and oxygen atoms in total. The van der Waals surface area contributed by atoms with E-state index in [0.29, 0.717) is 0 Å². The van der Waals surface area contributed by atoms with Gasteiger partial charge in [-0.15, -0.1) is 0 Å². The maximum atomic E-state index is 10.2. The Morgan fingerprint density at radius 1 is 1.19 bits per heavy atom. The maximum Gasteiger partial charge on any atom is 0.330 e. The van der Waals surface area contributed by atoms with E-state index in [0.717, 1.165) is 5.56 Å². The molecule has 4 heteroatoms. The first-order valence-electron chi connectivity index (χ1n) is 4.58. The molecule has 1 rings (SSSR count). The van der Waals surface area contributed by atoms with Gasteiger partial charge in [0.2, 0.25) is 0 Å². The van der Waals surface area contributed by atoms with E-state index in [1.165, 1.54) is 6.92 Å². The molecule has 0 spiro atoms. The average Bonchev–Trinajstić information content (AvgIpc) is 2.19. The minimum Gasteiger partial charge on any atom is -0.481 e. The first-order valence-corrected chi connectivity index (χ1v) is 4.58. The van der Waals surface area contributed by atoms with Crippen molar-refractivity contribution in [1.82, 2.24) is 0 Å². The molecule has 0 fully saturated rings. The molecule has 1 aromatic carbocycles. The normalized spacial score (nSPS) is 8.56. The Morgan fingerprint density at radius 3 is 1.94 bits per heavy atom. The van der Waals surface area contributed by atoms with E-state index < -0.39 is 11.9 Å². The Kier molecular flexibility index (Phi) is 6.28. The van der Waals surface area contributed by atoms with E-state index in [1.54, 1.807) is 12.1 Å². The van der Waals surface area contributed by atoms with Crippen molar-refractivity contribution in [3.8, 4) is 0 Å². The second-order valence-corrected chi connectivity index (χ2v) is 3.14. The van der Waals surface area contributed by atoms with Gasteiger partial charge in [-0.2, -0.15) is 0 Å². The van der Waals surface area contributed by atoms with Gasteiger partial charge in [-0.3, -0.25) is 4.79 Å². The highest BCUT2D eigenvalue weighted by Crippen LogP contribution is 1.98. The van der Waals surface area contributed by atoms with E-state index in [-0.39, 0.29) is 12.0 Å². The van der Waals surface area contributed by atoms with Crippen LogP contribution in [0.2, 0.25) is 0 Å². The van der Waals surface area contributed by atoms with Crippen molar-refractivity contribution >= 4 is 11.9 Å². The molecule has 0 atom stereocenters. The van der Waals surface area contributed by atoms with Gasteiger partial charge in [-0.25, -0.2) is 4.79 Å². The highest BCUT2D eigenvalue weighted by Gasteiger charge is 1.96. The Hall–Kier alpha value is -2.10. The van der Waals surface area contributed by atoms with E-state index in [4.69, 9.17) is 10.2 Å². The lowest BCUT2D eigenvalue weighted by Crippen LogP contribution is -1.98. The predicted octanol–water partition coefficient (Wildman–Crippen LogP) is 1.96. The summed E-state index contributed by atoms with van der Waals surface area (Å²) in [7, 11) is 0. The van der Waals surface area contributed by atoms with Crippen LogP contribution >= 0.6 is 0 Å². The SMILES string of the molecule is C=C(C)C(=O)O.O=C(O)Cc1ccccc1. The number of rotatable bonds is 3. The summed E-state index contributed by atoms with van der Waals surface area (Å²) in [6.45, 7) is 4.60. The zero-order chi connectivity index (χ0) is 12.6. The smallest absolute Gasteiger partial charge is 0.330 e. The molecule has 0 bridgehead atoms. The van der Waals surface area contributed by atoms with E-state index in [9.17, 15) is 9.59 Å². The molecule has 0 amide bonds. The van der Waals surface area contributed by atoms with Crippen LogP contribution in [0.3, 0.4) is 0 Å². The number of carbonyl (C=O) groups is 2. The molecule has 1 aromatic rings. The van der Waals surface area contributed by atoms with Gasteiger partial charge in [0, 0.05) is 5.57 Å². The van der Waals surface area contributed by atoms with E-state index in [2.05, 4.69) is 6.58 Å². The highest BCUT2D eigenvalue weighted by atomic mass is 16.4. The molecule has 0 heterocycles. The summed E-state index contributed by atoms with van der Waals surface area (Å²) < 4.78 is 0. The molecule has 0 saturated carbocycles. The number of carboxylic acid groups (broad SMARTS) is 2. The number of hydrogen-bond acceptors (Lipinski definition) is 2. The van der Waals surface area contributed by atoms with Crippen molar-refractivity contribution in [2.45, 2.75) is 13.3 Å². The molecule has 16 heavy (non-hydrogen) atoms. The fourth-order valence-electron chi connectivity index (χ4n) is 0.770. The van der Waals surface area contributed by atoms with Crippen LogP contribution in [0.25, 0.3) is 0 Å². The molecule has 0 aromatic heterocycles. The minimum absolute atomic E-state index is 0.112. The molecule has 86 valence electrons. The summed E-state index contributed by atoms with van der Waals surface area (Å²) >= 11 is 0. The van der Waals surface area contributed by atoms with Gasteiger partial charge in [-0.05, 0) is 12.5 Å². The van der Waals surface area contributed by atoms with Gasteiger partial charge in [-0.1, -0.05) is 36.9 Å². The number of hydrogen-bond donors (Lipinski definition) is 2. The quantitative estimate of drug-likeness (QED) is 0.766. The van der Waals surface area contributed by atoms with Crippen molar-refractivity contribution in [2.75, 3.05) is 0 Å². The molecular formula is C12H14O4. The molecule has 2 N–H and O–H groups in total. The maximum absolute atomic E-state index is 10.2. The second-order valence-electron chi connectivity index (χ2n) is 3.14. The lowest BCUT2D eigenvalue weighted by Gasteiger charge is -1.92. The van der Waals surface area contributed by atoms with Gasteiger partial charge in [0.25, 0.3) is 0 Å². The van der Waals surface area contributed by atoms with Crippen molar-refractivity contribution in [3.05, 3.63) is 48.0 Å².